The topological polar surface area (TPSA) is 29.9 Å². The lowest BCUT2D eigenvalue weighted by atomic mass is 10.2. The smallest absolute Gasteiger partial charge is 0.0951 e. The van der Waals surface area contributed by atoms with Crippen molar-refractivity contribution < 1.29 is 0 Å². The van der Waals surface area contributed by atoms with E-state index in [1.165, 1.54) is 18.5 Å². The Morgan fingerprint density at radius 1 is 1.56 bits per heavy atom. The lowest BCUT2D eigenvalue weighted by Gasteiger charge is -2.10. The van der Waals surface area contributed by atoms with Gasteiger partial charge in [0.15, 0.2) is 0 Å². The van der Waals surface area contributed by atoms with Gasteiger partial charge in [-0.2, -0.15) is 0 Å². The van der Waals surface area contributed by atoms with Crippen LogP contribution in [0.25, 0.3) is 0 Å². The van der Waals surface area contributed by atoms with Crippen LogP contribution < -0.4 is 5.32 Å². The van der Waals surface area contributed by atoms with E-state index in [1.807, 2.05) is 12.5 Å². The summed E-state index contributed by atoms with van der Waals surface area (Å²) in [4.78, 5) is 4.27. The molecular weight excluding hydrogens is 198 g/mol. The first-order chi connectivity index (χ1) is 7.72. The molecule has 1 fully saturated rings. The van der Waals surface area contributed by atoms with Crippen LogP contribution in [-0.2, 0) is 6.54 Å². The zero-order valence-electron chi connectivity index (χ0n) is 10.6. The van der Waals surface area contributed by atoms with E-state index in [1.54, 1.807) is 0 Å². The molecule has 2 rings (SSSR count). The van der Waals surface area contributed by atoms with Crippen LogP contribution in [0.2, 0.25) is 0 Å². The van der Waals surface area contributed by atoms with Crippen LogP contribution in [0.4, 0.5) is 0 Å². The minimum Gasteiger partial charge on any atom is -0.330 e. The highest BCUT2D eigenvalue weighted by atomic mass is 15.1. The standard InChI is InChI=1S/C13H23N3/c1-4-11-5-13(11)16-9-15-8-12(16)7-14-6-10(2)3/h8-11,13-14H,4-7H2,1-3H3. The third-order valence-corrected chi connectivity index (χ3v) is 3.37. The Morgan fingerprint density at radius 2 is 2.38 bits per heavy atom. The van der Waals surface area contributed by atoms with Gasteiger partial charge in [-0.1, -0.05) is 27.2 Å². The van der Waals surface area contributed by atoms with Gasteiger partial charge in [-0.25, -0.2) is 4.98 Å². The molecule has 2 unspecified atom stereocenters. The van der Waals surface area contributed by atoms with Crippen molar-refractivity contribution in [3.05, 3.63) is 18.2 Å². The molecule has 1 aromatic heterocycles. The van der Waals surface area contributed by atoms with Crippen molar-refractivity contribution in [2.75, 3.05) is 6.54 Å². The summed E-state index contributed by atoms with van der Waals surface area (Å²) in [6, 6.07) is 0.725. The zero-order valence-corrected chi connectivity index (χ0v) is 10.6. The van der Waals surface area contributed by atoms with Crippen LogP contribution in [0, 0.1) is 11.8 Å². The van der Waals surface area contributed by atoms with E-state index >= 15 is 0 Å². The molecule has 1 aliphatic rings. The summed E-state index contributed by atoms with van der Waals surface area (Å²) < 4.78 is 2.36. The molecule has 16 heavy (non-hydrogen) atoms. The fourth-order valence-corrected chi connectivity index (χ4v) is 2.27. The summed E-state index contributed by atoms with van der Waals surface area (Å²) >= 11 is 0. The average molecular weight is 221 g/mol. The van der Waals surface area contributed by atoms with Crippen LogP contribution in [0.5, 0.6) is 0 Å². The maximum absolute atomic E-state index is 4.27. The summed E-state index contributed by atoms with van der Waals surface area (Å²) in [5.74, 6) is 1.60. The summed E-state index contributed by atoms with van der Waals surface area (Å²) in [6.07, 6.45) is 6.62. The Labute approximate surface area is 98.3 Å². The number of hydrogen-bond donors (Lipinski definition) is 1. The van der Waals surface area contributed by atoms with E-state index in [2.05, 4.69) is 35.6 Å². The largest absolute Gasteiger partial charge is 0.330 e. The molecule has 3 heteroatoms. The van der Waals surface area contributed by atoms with Gasteiger partial charge in [0.1, 0.15) is 0 Å². The highest BCUT2D eigenvalue weighted by Crippen LogP contribution is 2.45. The molecule has 0 saturated heterocycles. The average Bonchev–Trinajstić information content (AvgIpc) is 2.89. The zero-order chi connectivity index (χ0) is 11.5. The van der Waals surface area contributed by atoms with Crippen molar-refractivity contribution in [3.8, 4) is 0 Å². The lowest BCUT2D eigenvalue weighted by Crippen LogP contribution is -2.20. The minimum atomic E-state index is 0.709. The molecule has 0 aliphatic heterocycles. The highest BCUT2D eigenvalue weighted by Gasteiger charge is 2.37. The summed E-state index contributed by atoms with van der Waals surface area (Å²) in [6.45, 7) is 8.77. The second kappa shape index (κ2) is 5.00. The fourth-order valence-electron chi connectivity index (χ4n) is 2.27. The molecule has 1 aromatic rings. The van der Waals surface area contributed by atoms with E-state index in [0.717, 1.165) is 25.0 Å². The van der Waals surface area contributed by atoms with Crippen LogP contribution in [0.3, 0.4) is 0 Å². The third-order valence-electron chi connectivity index (χ3n) is 3.37. The number of imidazole rings is 1. The SMILES string of the molecule is CCC1CC1n1cncc1CNCC(C)C. The van der Waals surface area contributed by atoms with Gasteiger partial charge in [0.2, 0.25) is 0 Å². The molecule has 0 aromatic carbocycles. The van der Waals surface area contributed by atoms with Gasteiger partial charge in [-0.3, -0.25) is 0 Å². The molecular formula is C13H23N3. The van der Waals surface area contributed by atoms with Gasteiger partial charge in [0.25, 0.3) is 0 Å². The highest BCUT2D eigenvalue weighted by molar-refractivity contribution is 5.05. The summed E-state index contributed by atoms with van der Waals surface area (Å²) in [5, 5.41) is 3.48. The molecule has 1 saturated carbocycles. The summed E-state index contributed by atoms with van der Waals surface area (Å²) in [7, 11) is 0. The number of nitrogens with one attached hydrogen (secondary N) is 1. The van der Waals surface area contributed by atoms with Crippen molar-refractivity contribution in [2.45, 2.75) is 46.2 Å². The number of nitrogens with zero attached hydrogens (tertiary/aromatic N) is 2. The Kier molecular flexibility index (Phi) is 3.64. The number of rotatable bonds is 6. The fraction of sp³-hybridized carbons (Fsp3) is 0.769. The van der Waals surface area contributed by atoms with Crippen molar-refractivity contribution in [1.29, 1.82) is 0 Å². The van der Waals surface area contributed by atoms with Crippen molar-refractivity contribution >= 4 is 0 Å². The molecule has 0 spiro atoms. The Balaban J connectivity index is 1.88. The van der Waals surface area contributed by atoms with Crippen molar-refractivity contribution in [2.24, 2.45) is 11.8 Å². The molecule has 1 heterocycles. The van der Waals surface area contributed by atoms with Crippen molar-refractivity contribution in [3.63, 3.8) is 0 Å². The van der Waals surface area contributed by atoms with Gasteiger partial charge >= 0.3 is 0 Å². The molecule has 0 bridgehead atoms. The first kappa shape index (κ1) is 11.6. The van der Waals surface area contributed by atoms with E-state index in [9.17, 15) is 0 Å². The number of aromatic nitrogens is 2. The second-order valence-corrected chi connectivity index (χ2v) is 5.29. The van der Waals surface area contributed by atoms with Crippen LogP contribution in [0.15, 0.2) is 12.5 Å². The van der Waals surface area contributed by atoms with E-state index in [4.69, 9.17) is 0 Å². The number of hydrogen-bond acceptors (Lipinski definition) is 2. The van der Waals surface area contributed by atoms with Crippen LogP contribution >= 0.6 is 0 Å². The van der Waals surface area contributed by atoms with Crippen LogP contribution in [0.1, 0.15) is 45.3 Å². The lowest BCUT2D eigenvalue weighted by molar-refractivity contribution is 0.529. The minimum absolute atomic E-state index is 0.709. The molecule has 90 valence electrons. The Morgan fingerprint density at radius 3 is 3.00 bits per heavy atom. The molecule has 3 nitrogen and oxygen atoms in total. The predicted molar refractivity (Wildman–Crippen MR) is 66.2 cm³/mol. The predicted octanol–water partition coefficient (Wildman–Crippen LogP) is 2.60. The van der Waals surface area contributed by atoms with Gasteiger partial charge in [0, 0.05) is 18.8 Å². The van der Waals surface area contributed by atoms with Gasteiger partial charge in [0.05, 0.1) is 12.0 Å². The van der Waals surface area contributed by atoms with E-state index in [-0.39, 0.29) is 0 Å². The maximum Gasteiger partial charge on any atom is 0.0951 e. The molecule has 1 aliphatic carbocycles. The third kappa shape index (κ3) is 2.64. The van der Waals surface area contributed by atoms with E-state index < -0.39 is 0 Å². The normalized spacial score (nSPS) is 24.0. The molecule has 1 N–H and O–H groups in total. The first-order valence-corrected chi connectivity index (χ1v) is 6.43. The van der Waals surface area contributed by atoms with Gasteiger partial charge in [-0.15, -0.1) is 0 Å². The Hall–Kier alpha value is -0.830. The van der Waals surface area contributed by atoms with Gasteiger partial charge < -0.3 is 9.88 Å². The van der Waals surface area contributed by atoms with Gasteiger partial charge in [-0.05, 0) is 24.8 Å². The maximum atomic E-state index is 4.27. The van der Waals surface area contributed by atoms with Crippen LogP contribution in [-0.4, -0.2) is 16.1 Å². The second-order valence-electron chi connectivity index (χ2n) is 5.29. The molecule has 2 atom stereocenters. The van der Waals surface area contributed by atoms with E-state index in [0.29, 0.717) is 5.92 Å². The quantitative estimate of drug-likeness (QED) is 0.800. The summed E-state index contributed by atoms with van der Waals surface area (Å²) in [5.41, 5.74) is 1.33. The monoisotopic (exact) mass is 221 g/mol. The molecule has 0 amide bonds. The first-order valence-electron chi connectivity index (χ1n) is 6.43. The molecule has 0 radical (unpaired) electrons. The Bertz CT molecular complexity index is 330. The van der Waals surface area contributed by atoms with Crippen molar-refractivity contribution in [1.82, 2.24) is 14.9 Å².